The third-order valence-electron chi connectivity index (χ3n) is 1.58. The Hall–Kier alpha value is -2.44. The Balaban J connectivity index is 2.95. The molecule has 0 aliphatic heterocycles. The molecule has 0 bridgehead atoms. The number of hydrogen-bond acceptors (Lipinski definition) is 5. The maximum absolute atomic E-state index is 11.2. The predicted octanol–water partition coefficient (Wildman–Crippen LogP) is -0.806. The molecule has 0 heterocycles. The van der Waals surface area contributed by atoms with E-state index < -0.39 is 23.2 Å². The van der Waals surface area contributed by atoms with Crippen LogP contribution >= 0.6 is 0 Å². The van der Waals surface area contributed by atoms with Gasteiger partial charge in [0.25, 0.3) is 5.91 Å². The van der Waals surface area contributed by atoms with E-state index in [0.29, 0.717) is 0 Å². The van der Waals surface area contributed by atoms with Crippen molar-refractivity contribution < 1.29 is 24.9 Å². The van der Waals surface area contributed by atoms with Gasteiger partial charge in [-0.25, -0.2) is 0 Å². The lowest BCUT2D eigenvalue weighted by Gasteiger charge is -2.05. The number of hydrogen-bond donors (Lipinski definition) is 5. The average Bonchev–Trinajstić information content (AvgIpc) is 2.21. The van der Waals surface area contributed by atoms with Gasteiger partial charge in [0.2, 0.25) is 6.41 Å². The fourth-order valence-electron chi connectivity index (χ4n) is 0.902. The molecular weight excluding hydrogens is 204 g/mol. The first-order valence-corrected chi connectivity index (χ1v) is 3.80. The number of aromatic hydroxyl groups is 3. The van der Waals surface area contributed by atoms with E-state index in [-0.39, 0.29) is 12.0 Å². The van der Waals surface area contributed by atoms with Gasteiger partial charge in [-0.05, 0) is 12.1 Å². The minimum absolute atomic E-state index is 0.114. The van der Waals surface area contributed by atoms with Crippen LogP contribution in [0.25, 0.3) is 0 Å². The normalized spacial score (nSPS) is 9.33. The number of nitrogens with one attached hydrogen (secondary N) is 2. The standard InChI is InChI=1S/C8H8N2O5/c11-3-9-10-8(15)4-1-5(12)7(14)6(13)2-4/h1-3,12-14H,(H,9,11)(H,10,15). The Morgan fingerprint density at radius 3 is 2.20 bits per heavy atom. The number of phenols is 3. The van der Waals surface area contributed by atoms with Crippen molar-refractivity contribution in [1.82, 2.24) is 10.9 Å². The summed E-state index contributed by atoms with van der Waals surface area (Å²) in [4.78, 5) is 21.0. The number of carbonyl (C=O) groups excluding carboxylic acids is 2. The predicted molar refractivity (Wildman–Crippen MR) is 48.1 cm³/mol. The second kappa shape index (κ2) is 4.18. The largest absolute Gasteiger partial charge is 0.504 e. The highest BCUT2D eigenvalue weighted by Gasteiger charge is 2.12. The van der Waals surface area contributed by atoms with Gasteiger partial charge in [-0.1, -0.05) is 0 Å². The molecule has 1 rings (SSSR count). The molecule has 7 nitrogen and oxygen atoms in total. The summed E-state index contributed by atoms with van der Waals surface area (Å²) in [6.45, 7) is 0. The Morgan fingerprint density at radius 2 is 1.73 bits per heavy atom. The van der Waals surface area contributed by atoms with Gasteiger partial charge in [0.05, 0.1) is 0 Å². The molecule has 0 atom stereocenters. The SMILES string of the molecule is O=CNNC(=O)c1cc(O)c(O)c(O)c1. The summed E-state index contributed by atoms with van der Waals surface area (Å²) in [6.07, 6.45) is 0.248. The van der Waals surface area contributed by atoms with Crippen molar-refractivity contribution in [2.45, 2.75) is 0 Å². The minimum Gasteiger partial charge on any atom is -0.504 e. The van der Waals surface area contributed by atoms with Gasteiger partial charge in [-0.2, -0.15) is 0 Å². The molecule has 0 aliphatic carbocycles. The van der Waals surface area contributed by atoms with Crippen molar-refractivity contribution in [2.75, 3.05) is 0 Å². The lowest BCUT2D eigenvalue weighted by molar-refractivity contribution is -0.110. The summed E-state index contributed by atoms with van der Waals surface area (Å²) in [7, 11) is 0. The first-order valence-electron chi connectivity index (χ1n) is 3.80. The van der Waals surface area contributed by atoms with E-state index in [2.05, 4.69) is 0 Å². The molecule has 1 aromatic carbocycles. The van der Waals surface area contributed by atoms with Crippen molar-refractivity contribution in [1.29, 1.82) is 0 Å². The van der Waals surface area contributed by atoms with Gasteiger partial charge >= 0.3 is 0 Å². The van der Waals surface area contributed by atoms with Crippen LogP contribution in [0.4, 0.5) is 0 Å². The van der Waals surface area contributed by atoms with Crippen LogP contribution in [0.3, 0.4) is 0 Å². The maximum Gasteiger partial charge on any atom is 0.269 e. The molecule has 15 heavy (non-hydrogen) atoms. The highest BCUT2D eigenvalue weighted by atomic mass is 16.3. The molecular formula is C8H8N2O5. The van der Waals surface area contributed by atoms with Gasteiger partial charge < -0.3 is 15.3 Å². The fourth-order valence-corrected chi connectivity index (χ4v) is 0.902. The zero-order valence-electron chi connectivity index (χ0n) is 7.39. The van der Waals surface area contributed by atoms with Crippen molar-refractivity contribution in [3.05, 3.63) is 17.7 Å². The third kappa shape index (κ3) is 2.27. The summed E-state index contributed by atoms with van der Waals surface area (Å²) in [5.74, 6) is -2.72. The number of amides is 2. The molecule has 80 valence electrons. The molecule has 0 saturated heterocycles. The number of hydrazine groups is 1. The molecule has 0 aromatic heterocycles. The second-order valence-corrected chi connectivity index (χ2v) is 2.58. The lowest BCUT2D eigenvalue weighted by Crippen LogP contribution is -2.36. The number of benzene rings is 1. The van der Waals surface area contributed by atoms with E-state index in [4.69, 9.17) is 15.3 Å². The molecule has 0 spiro atoms. The Bertz CT molecular complexity index is 381. The van der Waals surface area contributed by atoms with Gasteiger partial charge in [0.15, 0.2) is 17.2 Å². The van der Waals surface area contributed by atoms with Crippen molar-refractivity contribution in [3.8, 4) is 17.2 Å². The molecule has 0 saturated carbocycles. The average molecular weight is 212 g/mol. The van der Waals surface area contributed by atoms with Crippen LogP contribution in [-0.2, 0) is 4.79 Å². The molecule has 0 radical (unpaired) electrons. The minimum atomic E-state index is -0.743. The van der Waals surface area contributed by atoms with Gasteiger partial charge in [-0.15, -0.1) is 0 Å². The Morgan fingerprint density at radius 1 is 1.20 bits per heavy atom. The zero-order chi connectivity index (χ0) is 11.4. The van der Waals surface area contributed by atoms with Crippen LogP contribution in [0.5, 0.6) is 17.2 Å². The van der Waals surface area contributed by atoms with Crippen LogP contribution < -0.4 is 10.9 Å². The first kappa shape index (κ1) is 10.6. The van der Waals surface area contributed by atoms with Gasteiger partial charge in [-0.3, -0.25) is 20.4 Å². The highest BCUT2D eigenvalue weighted by molar-refractivity contribution is 5.95. The van der Waals surface area contributed by atoms with Crippen LogP contribution in [0.2, 0.25) is 0 Å². The van der Waals surface area contributed by atoms with Gasteiger partial charge in [0, 0.05) is 5.56 Å². The summed E-state index contributed by atoms with van der Waals surface area (Å²) in [5, 5.41) is 27.1. The van der Waals surface area contributed by atoms with E-state index in [1.54, 1.807) is 0 Å². The van der Waals surface area contributed by atoms with Crippen LogP contribution in [-0.4, -0.2) is 27.6 Å². The highest BCUT2D eigenvalue weighted by Crippen LogP contribution is 2.35. The molecule has 0 aliphatic rings. The van der Waals surface area contributed by atoms with Gasteiger partial charge in [0.1, 0.15) is 0 Å². The smallest absolute Gasteiger partial charge is 0.269 e. The Labute approximate surface area is 83.9 Å². The molecule has 7 heteroatoms. The first-order chi connectivity index (χ1) is 7.06. The third-order valence-corrected chi connectivity index (χ3v) is 1.58. The molecule has 0 fully saturated rings. The number of phenolic OH excluding ortho intramolecular Hbond substituents is 3. The number of rotatable bonds is 3. The van der Waals surface area contributed by atoms with Crippen molar-refractivity contribution in [2.24, 2.45) is 0 Å². The topological polar surface area (TPSA) is 119 Å². The zero-order valence-corrected chi connectivity index (χ0v) is 7.39. The second-order valence-electron chi connectivity index (χ2n) is 2.58. The lowest BCUT2D eigenvalue weighted by atomic mass is 10.2. The van der Waals surface area contributed by atoms with Crippen LogP contribution in [0.1, 0.15) is 10.4 Å². The maximum atomic E-state index is 11.2. The quantitative estimate of drug-likeness (QED) is 0.255. The Kier molecular flexibility index (Phi) is 2.97. The van der Waals surface area contributed by atoms with E-state index in [1.165, 1.54) is 0 Å². The van der Waals surface area contributed by atoms with Crippen molar-refractivity contribution >= 4 is 12.3 Å². The van der Waals surface area contributed by atoms with Crippen LogP contribution in [0.15, 0.2) is 12.1 Å². The molecule has 1 aromatic rings. The summed E-state index contributed by atoms with van der Waals surface area (Å²) in [6, 6.07) is 1.88. The van der Waals surface area contributed by atoms with E-state index in [1.807, 2.05) is 10.9 Å². The summed E-state index contributed by atoms with van der Waals surface area (Å²) in [5.41, 5.74) is 3.74. The number of carbonyl (C=O) groups is 2. The summed E-state index contributed by atoms with van der Waals surface area (Å²) >= 11 is 0. The molecule has 5 N–H and O–H groups in total. The monoisotopic (exact) mass is 212 g/mol. The van der Waals surface area contributed by atoms with E-state index in [0.717, 1.165) is 12.1 Å². The summed E-state index contributed by atoms with van der Waals surface area (Å²) < 4.78 is 0. The molecule has 2 amide bonds. The van der Waals surface area contributed by atoms with E-state index in [9.17, 15) is 9.59 Å². The van der Waals surface area contributed by atoms with Crippen LogP contribution in [0, 0.1) is 0 Å². The van der Waals surface area contributed by atoms with E-state index >= 15 is 0 Å². The fraction of sp³-hybridized carbons (Fsp3) is 0. The molecule has 0 unspecified atom stereocenters. The van der Waals surface area contributed by atoms with Crippen molar-refractivity contribution in [3.63, 3.8) is 0 Å².